The number of nitrogens with two attached hydrogens (primary N) is 1. The van der Waals surface area contributed by atoms with Gasteiger partial charge in [0.05, 0.1) is 11.6 Å². The molecule has 19 heavy (non-hydrogen) atoms. The third kappa shape index (κ3) is 1.76. The van der Waals surface area contributed by atoms with Crippen molar-refractivity contribution < 1.29 is 4.42 Å². The SMILES string of the molecule is Cc1coc(-c2nn(C(C)C)c3ncnc(N)c23)c1. The van der Waals surface area contributed by atoms with Crippen LogP contribution in [-0.2, 0) is 0 Å². The molecule has 3 aromatic rings. The van der Waals surface area contributed by atoms with Crippen molar-refractivity contribution in [2.75, 3.05) is 5.73 Å². The predicted octanol–water partition coefficient (Wildman–Crippen LogP) is 2.56. The van der Waals surface area contributed by atoms with Gasteiger partial charge in [-0.05, 0) is 32.4 Å². The first-order valence-corrected chi connectivity index (χ1v) is 6.12. The molecule has 0 saturated carbocycles. The maximum atomic E-state index is 5.97. The van der Waals surface area contributed by atoms with E-state index in [4.69, 9.17) is 10.2 Å². The maximum absolute atomic E-state index is 5.97. The Hall–Kier alpha value is -2.37. The molecule has 0 radical (unpaired) electrons. The van der Waals surface area contributed by atoms with Gasteiger partial charge in [0.15, 0.2) is 11.4 Å². The lowest BCUT2D eigenvalue weighted by atomic mass is 10.2. The summed E-state index contributed by atoms with van der Waals surface area (Å²) >= 11 is 0. The van der Waals surface area contributed by atoms with Crippen molar-refractivity contribution in [1.82, 2.24) is 19.7 Å². The Labute approximate surface area is 110 Å². The van der Waals surface area contributed by atoms with Crippen molar-refractivity contribution in [3.63, 3.8) is 0 Å². The molecule has 0 atom stereocenters. The van der Waals surface area contributed by atoms with Gasteiger partial charge in [0.25, 0.3) is 0 Å². The molecule has 0 bridgehead atoms. The van der Waals surface area contributed by atoms with Gasteiger partial charge in [-0.1, -0.05) is 0 Å². The molecule has 0 amide bonds. The zero-order valence-corrected chi connectivity index (χ0v) is 11.1. The highest BCUT2D eigenvalue weighted by atomic mass is 16.3. The molecule has 98 valence electrons. The molecule has 0 spiro atoms. The van der Waals surface area contributed by atoms with Gasteiger partial charge < -0.3 is 10.2 Å². The van der Waals surface area contributed by atoms with Crippen LogP contribution in [0.2, 0.25) is 0 Å². The molecule has 0 fully saturated rings. The molecule has 0 unspecified atom stereocenters. The van der Waals surface area contributed by atoms with Crippen molar-refractivity contribution in [1.29, 1.82) is 0 Å². The topological polar surface area (TPSA) is 82.8 Å². The Morgan fingerprint density at radius 1 is 1.32 bits per heavy atom. The monoisotopic (exact) mass is 257 g/mol. The minimum Gasteiger partial charge on any atom is -0.462 e. The van der Waals surface area contributed by atoms with E-state index in [2.05, 4.69) is 15.1 Å². The number of rotatable bonds is 2. The largest absolute Gasteiger partial charge is 0.462 e. The minimum absolute atomic E-state index is 0.182. The number of aryl methyl sites for hydroxylation is 1. The van der Waals surface area contributed by atoms with E-state index in [1.807, 2.05) is 31.5 Å². The second kappa shape index (κ2) is 4.08. The van der Waals surface area contributed by atoms with Crippen LogP contribution >= 0.6 is 0 Å². The number of furan rings is 1. The molecule has 3 aromatic heterocycles. The van der Waals surface area contributed by atoms with Crippen molar-refractivity contribution in [3.05, 3.63) is 24.2 Å². The predicted molar refractivity (Wildman–Crippen MR) is 72.6 cm³/mol. The van der Waals surface area contributed by atoms with E-state index in [1.165, 1.54) is 6.33 Å². The van der Waals surface area contributed by atoms with Gasteiger partial charge in [-0.3, -0.25) is 0 Å². The van der Waals surface area contributed by atoms with Gasteiger partial charge in [-0.15, -0.1) is 0 Å². The fourth-order valence-electron chi connectivity index (χ4n) is 2.08. The molecular weight excluding hydrogens is 242 g/mol. The van der Waals surface area contributed by atoms with Crippen LogP contribution in [0.15, 0.2) is 23.1 Å². The van der Waals surface area contributed by atoms with Crippen molar-refractivity contribution >= 4 is 16.9 Å². The molecular formula is C13H15N5O. The summed E-state index contributed by atoms with van der Waals surface area (Å²) in [4.78, 5) is 8.33. The van der Waals surface area contributed by atoms with Crippen LogP contribution < -0.4 is 5.73 Å². The number of hydrogen-bond donors (Lipinski definition) is 1. The lowest BCUT2D eigenvalue weighted by molar-refractivity contribution is 0.539. The fourth-order valence-corrected chi connectivity index (χ4v) is 2.08. The van der Waals surface area contributed by atoms with Gasteiger partial charge in [0, 0.05) is 6.04 Å². The quantitative estimate of drug-likeness (QED) is 0.762. The molecule has 3 rings (SSSR count). The number of nitrogens with zero attached hydrogens (tertiary/aromatic N) is 4. The van der Waals surface area contributed by atoms with E-state index in [-0.39, 0.29) is 6.04 Å². The molecule has 0 aromatic carbocycles. The van der Waals surface area contributed by atoms with Crippen LogP contribution in [-0.4, -0.2) is 19.7 Å². The first-order valence-electron chi connectivity index (χ1n) is 6.12. The first kappa shape index (κ1) is 11.7. The van der Waals surface area contributed by atoms with E-state index < -0.39 is 0 Å². The van der Waals surface area contributed by atoms with Gasteiger partial charge in [-0.25, -0.2) is 14.6 Å². The summed E-state index contributed by atoms with van der Waals surface area (Å²) in [6.07, 6.45) is 3.14. The standard InChI is InChI=1S/C13H15N5O/c1-7(2)18-13-10(12(14)15-6-16-13)11(17-18)9-4-8(3)5-19-9/h4-7H,1-3H3,(H2,14,15,16). The Balaban J connectivity index is 2.36. The smallest absolute Gasteiger partial charge is 0.164 e. The van der Waals surface area contributed by atoms with Crippen molar-refractivity contribution in [3.8, 4) is 11.5 Å². The lowest BCUT2D eigenvalue weighted by Crippen LogP contribution is -2.04. The number of anilines is 1. The fraction of sp³-hybridized carbons (Fsp3) is 0.308. The summed E-state index contributed by atoms with van der Waals surface area (Å²) in [5.74, 6) is 1.10. The summed E-state index contributed by atoms with van der Waals surface area (Å²) in [5, 5.41) is 5.31. The van der Waals surface area contributed by atoms with Crippen LogP contribution in [0.1, 0.15) is 25.5 Å². The van der Waals surface area contributed by atoms with Gasteiger partial charge in [-0.2, -0.15) is 5.10 Å². The number of hydrogen-bond acceptors (Lipinski definition) is 5. The zero-order chi connectivity index (χ0) is 13.6. The Bertz CT molecular complexity index is 741. The summed E-state index contributed by atoms with van der Waals surface area (Å²) in [7, 11) is 0. The summed E-state index contributed by atoms with van der Waals surface area (Å²) in [6.45, 7) is 6.05. The van der Waals surface area contributed by atoms with E-state index >= 15 is 0 Å². The van der Waals surface area contributed by atoms with Crippen molar-refractivity contribution in [2.24, 2.45) is 0 Å². The zero-order valence-electron chi connectivity index (χ0n) is 11.1. The van der Waals surface area contributed by atoms with Crippen LogP contribution in [0.25, 0.3) is 22.5 Å². The number of fused-ring (bicyclic) bond motifs is 1. The highest BCUT2D eigenvalue weighted by molar-refractivity contribution is 5.97. The van der Waals surface area contributed by atoms with E-state index in [0.29, 0.717) is 17.3 Å². The van der Waals surface area contributed by atoms with Gasteiger partial charge in [0.1, 0.15) is 17.8 Å². The summed E-state index contributed by atoms with van der Waals surface area (Å²) in [5.41, 5.74) is 8.43. The Kier molecular flexibility index (Phi) is 2.51. The summed E-state index contributed by atoms with van der Waals surface area (Å²) in [6, 6.07) is 2.11. The first-order chi connectivity index (χ1) is 9.08. The van der Waals surface area contributed by atoms with Crippen LogP contribution in [0.4, 0.5) is 5.82 Å². The van der Waals surface area contributed by atoms with E-state index in [1.54, 1.807) is 6.26 Å². The average Bonchev–Trinajstić information content (AvgIpc) is 2.93. The molecule has 0 aliphatic rings. The van der Waals surface area contributed by atoms with Gasteiger partial charge in [0.2, 0.25) is 0 Å². The highest BCUT2D eigenvalue weighted by Gasteiger charge is 2.20. The molecule has 2 N–H and O–H groups in total. The summed E-state index contributed by atoms with van der Waals surface area (Å²) < 4.78 is 7.35. The van der Waals surface area contributed by atoms with Crippen LogP contribution in [0.5, 0.6) is 0 Å². The van der Waals surface area contributed by atoms with E-state index in [9.17, 15) is 0 Å². The molecule has 0 aliphatic heterocycles. The molecule has 0 saturated heterocycles. The molecule has 6 heteroatoms. The number of aromatic nitrogens is 4. The van der Waals surface area contributed by atoms with Gasteiger partial charge >= 0.3 is 0 Å². The normalized spacial score (nSPS) is 11.6. The molecule has 3 heterocycles. The van der Waals surface area contributed by atoms with Crippen molar-refractivity contribution in [2.45, 2.75) is 26.8 Å². The van der Waals surface area contributed by atoms with Crippen LogP contribution in [0, 0.1) is 6.92 Å². The highest BCUT2D eigenvalue weighted by Crippen LogP contribution is 2.32. The molecule has 0 aliphatic carbocycles. The Morgan fingerprint density at radius 2 is 2.11 bits per heavy atom. The second-order valence-electron chi connectivity index (χ2n) is 4.83. The van der Waals surface area contributed by atoms with E-state index in [0.717, 1.165) is 16.6 Å². The average molecular weight is 257 g/mol. The second-order valence-corrected chi connectivity index (χ2v) is 4.83. The molecule has 6 nitrogen and oxygen atoms in total. The Morgan fingerprint density at radius 3 is 2.74 bits per heavy atom. The number of nitrogen functional groups attached to an aromatic ring is 1. The van der Waals surface area contributed by atoms with Crippen LogP contribution in [0.3, 0.4) is 0 Å². The maximum Gasteiger partial charge on any atom is 0.164 e. The minimum atomic E-state index is 0.182. The lowest BCUT2D eigenvalue weighted by Gasteiger charge is -2.05. The third-order valence-corrected chi connectivity index (χ3v) is 2.97. The third-order valence-electron chi connectivity index (χ3n) is 2.97.